The van der Waals surface area contributed by atoms with Crippen molar-refractivity contribution in [1.82, 2.24) is 15.1 Å². The lowest BCUT2D eigenvalue weighted by atomic mass is 9.94. The van der Waals surface area contributed by atoms with E-state index in [0.29, 0.717) is 18.0 Å². The van der Waals surface area contributed by atoms with Crippen molar-refractivity contribution in [3.63, 3.8) is 0 Å². The number of amides is 2. The molecule has 3 fully saturated rings. The van der Waals surface area contributed by atoms with Crippen LogP contribution in [-0.4, -0.2) is 54.6 Å². The van der Waals surface area contributed by atoms with Crippen LogP contribution in [0.5, 0.6) is 0 Å². The number of piperidine rings is 1. The summed E-state index contributed by atoms with van der Waals surface area (Å²) in [6.07, 6.45) is 7.51. The fourth-order valence-electron chi connectivity index (χ4n) is 3.66. The number of likely N-dealkylation sites (tertiary alicyclic amines) is 2. The van der Waals surface area contributed by atoms with Crippen LogP contribution in [0.25, 0.3) is 0 Å². The molecule has 2 amide bonds. The minimum absolute atomic E-state index is 0.299. The van der Waals surface area contributed by atoms with Gasteiger partial charge in [-0.05, 0) is 38.1 Å². The highest BCUT2D eigenvalue weighted by Gasteiger charge is 2.37. The van der Waals surface area contributed by atoms with Gasteiger partial charge in [-0.1, -0.05) is 12.8 Å². The average Bonchev–Trinajstić information content (AvgIpc) is 2.64. The maximum absolute atomic E-state index is 12.5. The molecular formula is C14H25N3O. The number of hydrogen-bond donors (Lipinski definition) is 1. The second kappa shape index (κ2) is 5.47. The zero-order chi connectivity index (χ0) is 12.4. The first-order chi connectivity index (χ1) is 8.84. The summed E-state index contributed by atoms with van der Waals surface area (Å²) >= 11 is 0. The highest BCUT2D eigenvalue weighted by atomic mass is 16.2. The summed E-state index contributed by atoms with van der Waals surface area (Å²) in [6, 6.07) is 0.864. The van der Waals surface area contributed by atoms with Crippen molar-refractivity contribution in [1.29, 1.82) is 0 Å². The molecule has 4 nitrogen and oxygen atoms in total. The summed E-state index contributed by atoms with van der Waals surface area (Å²) in [4.78, 5) is 16.7. The quantitative estimate of drug-likeness (QED) is 0.711. The van der Waals surface area contributed by atoms with Gasteiger partial charge in [0.2, 0.25) is 0 Å². The van der Waals surface area contributed by atoms with E-state index in [0.717, 1.165) is 32.7 Å². The first-order valence-electron chi connectivity index (χ1n) is 7.62. The molecule has 0 bridgehead atoms. The Hall–Kier alpha value is -0.770. The molecule has 18 heavy (non-hydrogen) atoms. The minimum atomic E-state index is 0.299. The van der Waals surface area contributed by atoms with Gasteiger partial charge in [0, 0.05) is 32.2 Å². The molecule has 4 heteroatoms. The number of carbonyl (C=O) groups excluding carboxylic acids is 1. The Kier molecular flexibility index (Phi) is 3.73. The largest absolute Gasteiger partial charge is 0.325 e. The van der Waals surface area contributed by atoms with Crippen LogP contribution in [-0.2, 0) is 0 Å². The van der Waals surface area contributed by atoms with Gasteiger partial charge in [0.05, 0.1) is 0 Å². The van der Waals surface area contributed by atoms with Gasteiger partial charge in [0.15, 0.2) is 0 Å². The number of urea groups is 1. The van der Waals surface area contributed by atoms with Crippen LogP contribution in [0.15, 0.2) is 0 Å². The lowest BCUT2D eigenvalue weighted by Gasteiger charge is -2.27. The number of nitrogens with one attached hydrogen (secondary N) is 1. The van der Waals surface area contributed by atoms with Crippen molar-refractivity contribution < 1.29 is 4.79 Å². The van der Waals surface area contributed by atoms with Crippen LogP contribution >= 0.6 is 0 Å². The summed E-state index contributed by atoms with van der Waals surface area (Å²) < 4.78 is 0. The normalized spacial score (nSPS) is 33.1. The molecule has 3 aliphatic heterocycles. The number of rotatable bonds is 0. The van der Waals surface area contributed by atoms with Crippen molar-refractivity contribution >= 4 is 6.03 Å². The Labute approximate surface area is 110 Å². The molecule has 0 unspecified atom stereocenters. The molecule has 0 aromatic rings. The van der Waals surface area contributed by atoms with E-state index in [1.165, 1.54) is 38.5 Å². The maximum Gasteiger partial charge on any atom is 0.320 e. The molecule has 3 saturated heterocycles. The van der Waals surface area contributed by atoms with E-state index in [2.05, 4.69) is 15.1 Å². The van der Waals surface area contributed by atoms with Crippen LogP contribution in [0, 0.1) is 5.92 Å². The summed E-state index contributed by atoms with van der Waals surface area (Å²) in [5, 5.41) is 3.57. The number of hydrogen-bond acceptors (Lipinski definition) is 2. The molecule has 102 valence electrons. The zero-order valence-electron chi connectivity index (χ0n) is 11.2. The Morgan fingerprint density at radius 3 is 2.44 bits per heavy atom. The molecule has 0 aromatic carbocycles. The van der Waals surface area contributed by atoms with Gasteiger partial charge in [-0.3, -0.25) is 0 Å². The van der Waals surface area contributed by atoms with Gasteiger partial charge >= 0.3 is 6.03 Å². The smallest absolute Gasteiger partial charge is 0.320 e. The molecular weight excluding hydrogens is 226 g/mol. The molecule has 0 radical (unpaired) electrons. The number of carbonyl (C=O) groups is 1. The second-order valence-corrected chi connectivity index (χ2v) is 6.05. The third-order valence-corrected chi connectivity index (χ3v) is 4.75. The second-order valence-electron chi connectivity index (χ2n) is 6.05. The van der Waals surface area contributed by atoms with Crippen molar-refractivity contribution in [2.24, 2.45) is 5.92 Å². The number of fused-ring (bicyclic) bond motifs is 1. The van der Waals surface area contributed by atoms with Crippen molar-refractivity contribution in [2.75, 3.05) is 32.7 Å². The van der Waals surface area contributed by atoms with E-state index in [4.69, 9.17) is 0 Å². The molecule has 0 aliphatic carbocycles. The maximum atomic E-state index is 12.5. The Bertz CT molecular complexity index is 285. The third kappa shape index (κ3) is 2.48. The van der Waals surface area contributed by atoms with E-state index in [-0.39, 0.29) is 0 Å². The summed E-state index contributed by atoms with van der Waals surface area (Å²) in [7, 11) is 0. The Morgan fingerprint density at radius 1 is 0.944 bits per heavy atom. The van der Waals surface area contributed by atoms with Crippen molar-refractivity contribution in [3.05, 3.63) is 0 Å². The molecule has 3 rings (SSSR count). The SMILES string of the molecule is O=C(N1CCCCCC1)N1C[C@@H]2CCCN[C@@H]2C1. The Morgan fingerprint density at radius 2 is 1.72 bits per heavy atom. The van der Waals surface area contributed by atoms with E-state index in [9.17, 15) is 4.79 Å². The van der Waals surface area contributed by atoms with Crippen LogP contribution in [0.1, 0.15) is 38.5 Å². The molecule has 2 atom stereocenters. The topological polar surface area (TPSA) is 35.6 Å². The van der Waals surface area contributed by atoms with E-state index < -0.39 is 0 Å². The molecule has 0 saturated carbocycles. The summed E-state index contributed by atoms with van der Waals surface area (Å²) in [5.74, 6) is 0.703. The van der Waals surface area contributed by atoms with Crippen LogP contribution in [0.3, 0.4) is 0 Å². The van der Waals surface area contributed by atoms with E-state index >= 15 is 0 Å². The van der Waals surface area contributed by atoms with Gasteiger partial charge < -0.3 is 15.1 Å². The molecule has 0 aromatic heterocycles. The van der Waals surface area contributed by atoms with Crippen LogP contribution in [0.4, 0.5) is 4.79 Å². The minimum Gasteiger partial charge on any atom is -0.325 e. The first kappa shape index (κ1) is 12.3. The van der Waals surface area contributed by atoms with Crippen molar-refractivity contribution in [3.8, 4) is 0 Å². The van der Waals surface area contributed by atoms with E-state index in [1.807, 2.05) is 0 Å². The molecule has 3 heterocycles. The fourth-order valence-corrected chi connectivity index (χ4v) is 3.66. The summed E-state index contributed by atoms with van der Waals surface area (Å²) in [5.41, 5.74) is 0. The summed E-state index contributed by atoms with van der Waals surface area (Å²) in [6.45, 7) is 4.98. The van der Waals surface area contributed by atoms with Gasteiger partial charge in [-0.25, -0.2) is 4.79 Å². The lowest BCUT2D eigenvalue weighted by Crippen LogP contribution is -2.44. The van der Waals surface area contributed by atoms with Gasteiger partial charge in [-0.2, -0.15) is 0 Å². The monoisotopic (exact) mass is 251 g/mol. The van der Waals surface area contributed by atoms with Gasteiger partial charge in [0.25, 0.3) is 0 Å². The van der Waals surface area contributed by atoms with Gasteiger partial charge in [0.1, 0.15) is 0 Å². The fraction of sp³-hybridized carbons (Fsp3) is 0.929. The van der Waals surface area contributed by atoms with Gasteiger partial charge in [-0.15, -0.1) is 0 Å². The Balaban J connectivity index is 1.59. The number of nitrogens with zero attached hydrogens (tertiary/aromatic N) is 2. The molecule has 0 spiro atoms. The predicted octanol–water partition coefficient (Wildman–Crippen LogP) is 1.67. The molecule has 1 N–H and O–H groups in total. The van der Waals surface area contributed by atoms with Crippen molar-refractivity contribution in [2.45, 2.75) is 44.6 Å². The molecule has 3 aliphatic rings. The zero-order valence-corrected chi connectivity index (χ0v) is 11.2. The highest BCUT2D eigenvalue weighted by Crippen LogP contribution is 2.26. The van der Waals surface area contributed by atoms with E-state index in [1.54, 1.807) is 0 Å². The highest BCUT2D eigenvalue weighted by molar-refractivity contribution is 5.75. The standard InChI is InChI=1S/C14H25N3O/c18-14(16-8-3-1-2-4-9-16)17-10-12-6-5-7-15-13(12)11-17/h12-13,15H,1-11H2/t12-,13+/m0/s1. The van der Waals surface area contributed by atoms with Crippen LogP contribution < -0.4 is 5.32 Å². The lowest BCUT2D eigenvalue weighted by molar-refractivity contribution is 0.162. The third-order valence-electron chi connectivity index (χ3n) is 4.75. The first-order valence-corrected chi connectivity index (χ1v) is 7.62. The predicted molar refractivity (Wildman–Crippen MR) is 71.5 cm³/mol. The average molecular weight is 251 g/mol. The van der Waals surface area contributed by atoms with Crippen LogP contribution in [0.2, 0.25) is 0 Å².